The molecule has 0 unspecified atom stereocenters. The summed E-state index contributed by atoms with van der Waals surface area (Å²) in [6.07, 6.45) is 8.98. The molecule has 2 aliphatic heterocycles. The van der Waals surface area contributed by atoms with Crippen molar-refractivity contribution in [1.82, 2.24) is 5.01 Å². The van der Waals surface area contributed by atoms with Crippen LogP contribution in [-0.2, 0) is 9.53 Å². The number of carbonyl (C=O) groups is 2. The van der Waals surface area contributed by atoms with E-state index in [1.807, 2.05) is 24.4 Å². The lowest BCUT2D eigenvalue weighted by Crippen LogP contribution is -2.30. The van der Waals surface area contributed by atoms with E-state index in [1.54, 1.807) is 19.2 Å². The molecule has 1 aromatic rings. The summed E-state index contributed by atoms with van der Waals surface area (Å²) in [6, 6.07) is 8.94. The second-order valence-electron chi connectivity index (χ2n) is 7.85. The minimum absolute atomic E-state index is 0.180. The molecule has 4 atom stereocenters. The molecule has 2 bridgehead atoms. The predicted octanol–water partition coefficient (Wildman–Crippen LogP) is 4.32. The van der Waals surface area contributed by atoms with Gasteiger partial charge in [-0.2, -0.15) is 5.10 Å². The normalized spacial score (nSPS) is 25.4. The first-order valence-corrected chi connectivity index (χ1v) is 10.5. The molecule has 2 saturated heterocycles. The zero-order valence-electron chi connectivity index (χ0n) is 16.9. The molecule has 29 heavy (non-hydrogen) atoms. The highest BCUT2D eigenvalue weighted by Crippen LogP contribution is 2.45. The van der Waals surface area contributed by atoms with Crippen molar-refractivity contribution >= 4 is 18.3 Å². The molecule has 158 valence electrons. The van der Waals surface area contributed by atoms with E-state index in [0.717, 1.165) is 44.9 Å². The molecule has 0 saturated carbocycles. The van der Waals surface area contributed by atoms with Crippen LogP contribution in [0.2, 0.25) is 0 Å². The third-order valence-electron chi connectivity index (χ3n) is 5.79. The van der Waals surface area contributed by atoms with Crippen LogP contribution in [0.4, 0.5) is 4.79 Å². The van der Waals surface area contributed by atoms with Crippen molar-refractivity contribution in [1.29, 1.82) is 0 Å². The lowest BCUT2D eigenvalue weighted by molar-refractivity contribution is -0.137. The topological polar surface area (TPSA) is 88.4 Å². The number of carboxylic acids is 1. The van der Waals surface area contributed by atoms with Gasteiger partial charge in [-0.3, -0.25) is 4.79 Å². The van der Waals surface area contributed by atoms with Crippen molar-refractivity contribution in [3.05, 3.63) is 30.3 Å². The standard InChI is InChI=1S/C22H30N2O5/c1-24(22(27)28-16-9-5-4-6-10-16)23-15-18-17(19-13-14-20(18)29-19)11-7-2-3-8-12-21(25)26/h4-6,9-10,15,17-20H,2-3,7-8,11-14H2,1H3,(H,25,26)/t17-,18-,19+,20-/m1/s1. The molecule has 0 aromatic heterocycles. The first kappa shape index (κ1) is 21.3. The van der Waals surface area contributed by atoms with Gasteiger partial charge in [0.25, 0.3) is 0 Å². The van der Waals surface area contributed by atoms with Crippen LogP contribution in [0, 0.1) is 11.8 Å². The van der Waals surface area contributed by atoms with E-state index in [9.17, 15) is 9.59 Å². The first-order chi connectivity index (χ1) is 14.0. The van der Waals surface area contributed by atoms with Gasteiger partial charge in [-0.15, -0.1) is 0 Å². The fourth-order valence-electron chi connectivity index (χ4n) is 4.29. The van der Waals surface area contributed by atoms with Crippen molar-refractivity contribution in [3.63, 3.8) is 0 Å². The number of carboxylic acid groups (broad SMARTS) is 1. The highest BCUT2D eigenvalue weighted by Gasteiger charge is 2.47. The summed E-state index contributed by atoms with van der Waals surface area (Å²) in [5.74, 6) is 0.386. The minimum Gasteiger partial charge on any atom is -0.481 e. The number of fused-ring (bicyclic) bond motifs is 2. The first-order valence-electron chi connectivity index (χ1n) is 10.5. The second kappa shape index (κ2) is 10.4. The summed E-state index contributed by atoms with van der Waals surface area (Å²) in [5.41, 5.74) is 0. The van der Waals surface area contributed by atoms with Gasteiger partial charge in [-0.25, -0.2) is 9.80 Å². The summed E-state index contributed by atoms with van der Waals surface area (Å²) < 4.78 is 11.4. The molecule has 1 aromatic carbocycles. The Bertz CT molecular complexity index is 708. The van der Waals surface area contributed by atoms with Crippen LogP contribution in [0.25, 0.3) is 0 Å². The minimum atomic E-state index is -0.724. The van der Waals surface area contributed by atoms with E-state index in [4.69, 9.17) is 14.6 Å². The average Bonchev–Trinajstić information content (AvgIpc) is 3.31. The van der Waals surface area contributed by atoms with Crippen LogP contribution in [0.3, 0.4) is 0 Å². The van der Waals surface area contributed by atoms with Crippen LogP contribution < -0.4 is 4.74 Å². The summed E-state index contributed by atoms with van der Waals surface area (Å²) in [7, 11) is 1.59. The van der Waals surface area contributed by atoms with Crippen molar-refractivity contribution < 1.29 is 24.2 Å². The van der Waals surface area contributed by atoms with Gasteiger partial charge in [-0.05, 0) is 43.7 Å². The Morgan fingerprint density at radius 3 is 2.66 bits per heavy atom. The lowest BCUT2D eigenvalue weighted by atomic mass is 9.77. The number of rotatable bonds is 10. The number of nitrogens with zero attached hydrogens (tertiary/aromatic N) is 2. The van der Waals surface area contributed by atoms with Crippen molar-refractivity contribution in [2.75, 3.05) is 7.05 Å². The maximum Gasteiger partial charge on any atom is 0.435 e. The van der Waals surface area contributed by atoms with E-state index < -0.39 is 12.1 Å². The number of hydrogen-bond acceptors (Lipinski definition) is 5. The van der Waals surface area contributed by atoms with Crippen molar-refractivity contribution in [3.8, 4) is 5.75 Å². The van der Waals surface area contributed by atoms with Crippen LogP contribution in [-0.4, -0.2) is 47.6 Å². The fourth-order valence-corrected chi connectivity index (χ4v) is 4.29. The van der Waals surface area contributed by atoms with E-state index in [-0.39, 0.29) is 24.5 Å². The monoisotopic (exact) mass is 402 g/mol. The van der Waals surface area contributed by atoms with Gasteiger partial charge in [0.2, 0.25) is 0 Å². The van der Waals surface area contributed by atoms with Gasteiger partial charge in [0.15, 0.2) is 0 Å². The zero-order valence-corrected chi connectivity index (χ0v) is 16.9. The average molecular weight is 402 g/mol. The number of carbonyl (C=O) groups excluding carboxylic acids is 1. The maximum absolute atomic E-state index is 12.2. The Hall–Kier alpha value is -2.41. The summed E-state index contributed by atoms with van der Waals surface area (Å²) >= 11 is 0. The quantitative estimate of drug-likeness (QED) is 0.358. The molecule has 2 aliphatic rings. The number of hydrazone groups is 1. The van der Waals surface area contributed by atoms with Gasteiger partial charge in [0.05, 0.1) is 12.2 Å². The summed E-state index contributed by atoms with van der Waals surface area (Å²) in [6.45, 7) is 0. The Kier molecular flexibility index (Phi) is 7.63. The van der Waals surface area contributed by atoms with E-state index >= 15 is 0 Å². The molecule has 0 aliphatic carbocycles. The van der Waals surface area contributed by atoms with Crippen LogP contribution in [0.5, 0.6) is 5.75 Å². The largest absolute Gasteiger partial charge is 0.481 e. The lowest BCUT2D eigenvalue weighted by Gasteiger charge is -2.25. The Labute approximate surface area is 171 Å². The molecular formula is C22H30N2O5. The van der Waals surface area contributed by atoms with Crippen LogP contribution in [0.15, 0.2) is 35.4 Å². The van der Waals surface area contributed by atoms with Gasteiger partial charge in [0, 0.05) is 25.6 Å². The smallest absolute Gasteiger partial charge is 0.435 e. The molecule has 1 amide bonds. The highest BCUT2D eigenvalue weighted by atomic mass is 16.6. The number of amides is 1. The number of benzene rings is 1. The number of unbranched alkanes of at least 4 members (excludes halogenated alkanes) is 3. The second-order valence-corrected chi connectivity index (χ2v) is 7.85. The highest BCUT2D eigenvalue weighted by molar-refractivity contribution is 5.72. The Morgan fingerprint density at radius 2 is 1.90 bits per heavy atom. The van der Waals surface area contributed by atoms with Crippen molar-refractivity contribution in [2.45, 2.75) is 63.6 Å². The maximum atomic E-state index is 12.2. The molecule has 0 spiro atoms. The molecule has 7 heteroatoms. The number of para-hydroxylation sites is 1. The summed E-state index contributed by atoms with van der Waals surface area (Å²) in [5, 5.41) is 14.3. The third kappa shape index (κ3) is 6.03. The van der Waals surface area contributed by atoms with Crippen LogP contribution >= 0.6 is 0 Å². The zero-order chi connectivity index (χ0) is 20.6. The van der Waals surface area contributed by atoms with Gasteiger partial charge in [0.1, 0.15) is 5.75 Å². The molecule has 0 radical (unpaired) electrons. The van der Waals surface area contributed by atoms with Crippen molar-refractivity contribution in [2.24, 2.45) is 16.9 Å². The fraction of sp³-hybridized carbons (Fsp3) is 0.591. The van der Waals surface area contributed by atoms with Gasteiger partial charge in [-0.1, -0.05) is 37.5 Å². The van der Waals surface area contributed by atoms with Crippen LogP contribution in [0.1, 0.15) is 51.4 Å². The predicted molar refractivity (Wildman–Crippen MR) is 109 cm³/mol. The van der Waals surface area contributed by atoms with Gasteiger partial charge < -0.3 is 14.6 Å². The van der Waals surface area contributed by atoms with E-state index in [0.29, 0.717) is 11.7 Å². The number of ether oxygens (including phenoxy) is 2. The summed E-state index contributed by atoms with van der Waals surface area (Å²) in [4.78, 5) is 22.8. The molecule has 7 nitrogen and oxygen atoms in total. The molecule has 2 fully saturated rings. The molecule has 2 heterocycles. The van der Waals surface area contributed by atoms with E-state index in [2.05, 4.69) is 5.10 Å². The molecule has 3 rings (SSSR count). The Balaban J connectivity index is 1.47. The molecular weight excluding hydrogens is 372 g/mol. The number of aliphatic carboxylic acids is 1. The number of hydrogen-bond donors (Lipinski definition) is 1. The molecule has 1 N–H and O–H groups in total. The SMILES string of the molecule is CN(N=C[C@@H]1[C@@H](CCCCCCC(=O)O)[C@@H]2CC[C@H]1O2)C(=O)Oc1ccccc1. The Morgan fingerprint density at radius 1 is 1.17 bits per heavy atom. The third-order valence-corrected chi connectivity index (χ3v) is 5.79. The van der Waals surface area contributed by atoms with E-state index in [1.165, 1.54) is 5.01 Å². The van der Waals surface area contributed by atoms with Gasteiger partial charge >= 0.3 is 12.1 Å².